The fourth-order valence-corrected chi connectivity index (χ4v) is 2.87. The number of H-pyrrole nitrogens is 1. The Morgan fingerprint density at radius 1 is 0.792 bits per heavy atom. The zero-order chi connectivity index (χ0) is 16.2. The van der Waals surface area contributed by atoms with E-state index in [-0.39, 0.29) is 0 Å². The molecule has 0 unspecified atom stereocenters. The largest absolute Gasteiger partial charge is 0.337 e. The Hall–Kier alpha value is -3.13. The zero-order valence-corrected chi connectivity index (χ0v) is 13.3. The van der Waals surface area contributed by atoms with Gasteiger partial charge in [0.1, 0.15) is 5.82 Å². The second-order valence-corrected chi connectivity index (χ2v) is 5.73. The molecule has 0 aliphatic heterocycles. The monoisotopic (exact) mass is 310 g/mol. The van der Waals surface area contributed by atoms with E-state index < -0.39 is 0 Å². The number of allylic oxidation sites excluding steroid dienone is 6. The van der Waals surface area contributed by atoms with Gasteiger partial charge in [-0.1, -0.05) is 91.0 Å². The molecular weight excluding hydrogens is 292 g/mol. The number of aromatic nitrogens is 2. The molecule has 116 valence electrons. The molecule has 0 saturated carbocycles. The molecule has 0 atom stereocenters. The normalized spacial score (nSPS) is 13.6. The van der Waals surface area contributed by atoms with E-state index in [4.69, 9.17) is 4.98 Å². The second kappa shape index (κ2) is 6.55. The molecule has 0 fully saturated rings. The Kier molecular flexibility index (Phi) is 3.95. The molecule has 3 aromatic rings. The summed E-state index contributed by atoms with van der Waals surface area (Å²) in [5.41, 5.74) is 5.41. The molecule has 1 aliphatic rings. The van der Waals surface area contributed by atoms with Crippen molar-refractivity contribution < 1.29 is 0 Å². The summed E-state index contributed by atoms with van der Waals surface area (Å²) < 4.78 is 0. The minimum Gasteiger partial charge on any atom is -0.337 e. The van der Waals surface area contributed by atoms with Crippen LogP contribution in [0, 0.1) is 0 Å². The van der Waals surface area contributed by atoms with Crippen LogP contribution in [0.25, 0.3) is 28.2 Å². The van der Waals surface area contributed by atoms with E-state index in [0.29, 0.717) is 0 Å². The zero-order valence-electron chi connectivity index (χ0n) is 13.3. The van der Waals surface area contributed by atoms with Gasteiger partial charge in [0.2, 0.25) is 0 Å². The highest BCUT2D eigenvalue weighted by Gasteiger charge is 2.15. The Labute approximate surface area is 141 Å². The van der Waals surface area contributed by atoms with Crippen LogP contribution in [-0.2, 0) is 0 Å². The summed E-state index contributed by atoms with van der Waals surface area (Å²) in [6.07, 6.45) is 11.6. The average molecular weight is 310 g/mol. The van der Waals surface area contributed by atoms with Crippen molar-refractivity contribution in [1.82, 2.24) is 9.97 Å². The molecule has 0 spiro atoms. The van der Waals surface area contributed by atoms with Crippen molar-refractivity contribution >= 4 is 5.57 Å². The Bertz CT molecular complexity index is 913. The van der Waals surface area contributed by atoms with Gasteiger partial charge in [0, 0.05) is 16.7 Å². The number of imidazole rings is 1. The lowest BCUT2D eigenvalue weighted by atomic mass is 10.0. The lowest BCUT2D eigenvalue weighted by molar-refractivity contribution is 1.30. The summed E-state index contributed by atoms with van der Waals surface area (Å²) in [6, 6.07) is 20.6. The lowest BCUT2D eigenvalue weighted by Gasteiger charge is -2.03. The van der Waals surface area contributed by atoms with Gasteiger partial charge in [0.15, 0.2) is 0 Å². The highest BCUT2D eigenvalue weighted by molar-refractivity contribution is 5.84. The van der Waals surface area contributed by atoms with Crippen LogP contribution in [0.2, 0.25) is 0 Å². The first-order chi connectivity index (χ1) is 11.9. The van der Waals surface area contributed by atoms with Crippen LogP contribution in [0.15, 0.2) is 91.0 Å². The van der Waals surface area contributed by atoms with E-state index in [1.54, 1.807) is 0 Å². The highest BCUT2D eigenvalue weighted by atomic mass is 14.9. The minimum absolute atomic E-state index is 0.895. The molecule has 2 nitrogen and oxygen atoms in total. The van der Waals surface area contributed by atoms with E-state index in [9.17, 15) is 0 Å². The number of benzene rings is 2. The maximum absolute atomic E-state index is 4.91. The number of aromatic amines is 1. The summed E-state index contributed by atoms with van der Waals surface area (Å²) in [5, 5.41) is 0. The maximum Gasteiger partial charge on any atom is 0.138 e. The number of hydrogen-bond acceptors (Lipinski definition) is 1. The van der Waals surface area contributed by atoms with Gasteiger partial charge in [-0.15, -0.1) is 0 Å². The van der Waals surface area contributed by atoms with Crippen molar-refractivity contribution in [2.45, 2.75) is 6.42 Å². The van der Waals surface area contributed by atoms with Gasteiger partial charge in [0.05, 0.1) is 11.4 Å². The molecule has 24 heavy (non-hydrogen) atoms. The van der Waals surface area contributed by atoms with Crippen molar-refractivity contribution in [3.05, 3.63) is 96.7 Å². The average Bonchev–Trinajstić information content (AvgIpc) is 2.92. The van der Waals surface area contributed by atoms with Crippen molar-refractivity contribution in [3.8, 4) is 22.6 Å². The van der Waals surface area contributed by atoms with E-state index in [0.717, 1.165) is 40.3 Å². The number of nitrogens with zero attached hydrogens (tertiary/aromatic N) is 1. The van der Waals surface area contributed by atoms with E-state index >= 15 is 0 Å². The van der Waals surface area contributed by atoms with Gasteiger partial charge in [-0.3, -0.25) is 0 Å². The summed E-state index contributed by atoms with van der Waals surface area (Å²) in [4.78, 5) is 8.44. The molecule has 1 aliphatic carbocycles. The van der Waals surface area contributed by atoms with Crippen LogP contribution in [0.3, 0.4) is 0 Å². The van der Waals surface area contributed by atoms with Crippen LogP contribution < -0.4 is 0 Å². The van der Waals surface area contributed by atoms with Crippen LogP contribution in [0.5, 0.6) is 0 Å². The molecular formula is C22H18N2. The molecule has 0 amide bonds. The smallest absolute Gasteiger partial charge is 0.138 e. The topological polar surface area (TPSA) is 28.7 Å². The third kappa shape index (κ3) is 2.86. The summed E-state index contributed by atoms with van der Waals surface area (Å²) in [7, 11) is 0. The molecule has 1 aromatic heterocycles. The third-order valence-electron chi connectivity index (χ3n) is 4.07. The third-order valence-corrected chi connectivity index (χ3v) is 4.07. The predicted molar refractivity (Wildman–Crippen MR) is 100 cm³/mol. The summed E-state index contributed by atoms with van der Waals surface area (Å²) in [6.45, 7) is 0. The van der Waals surface area contributed by atoms with Crippen molar-refractivity contribution in [1.29, 1.82) is 0 Å². The first-order valence-corrected chi connectivity index (χ1v) is 8.16. The molecule has 1 N–H and O–H groups in total. The fourth-order valence-electron chi connectivity index (χ4n) is 2.87. The molecule has 4 rings (SSSR count). The molecule has 2 heteroatoms. The van der Waals surface area contributed by atoms with Gasteiger partial charge in [-0.05, 0) is 6.42 Å². The van der Waals surface area contributed by atoms with Crippen molar-refractivity contribution in [3.63, 3.8) is 0 Å². The Morgan fingerprint density at radius 2 is 1.50 bits per heavy atom. The van der Waals surface area contributed by atoms with Gasteiger partial charge in [0.25, 0.3) is 0 Å². The highest BCUT2D eigenvalue weighted by Crippen LogP contribution is 2.31. The van der Waals surface area contributed by atoms with E-state index in [1.807, 2.05) is 24.3 Å². The quantitative estimate of drug-likeness (QED) is 0.666. The van der Waals surface area contributed by atoms with Gasteiger partial charge in [-0.2, -0.15) is 0 Å². The lowest BCUT2D eigenvalue weighted by Crippen LogP contribution is -1.86. The van der Waals surface area contributed by atoms with Crippen molar-refractivity contribution in [2.75, 3.05) is 0 Å². The standard InChI is InChI=1S/C22H18N2/c1-2-6-12-17(11-5-1)20-21(18-13-7-3-8-14-18)24-22(23-20)19-15-9-4-10-16-19/h1,3-16H,2H2,(H,23,24). The van der Waals surface area contributed by atoms with Crippen LogP contribution in [0.1, 0.15) is 12.1 Å². The SMILES string of the molecule is C1=CCC=CC(c2nc(-c3ccccc3)[nH]c2-c2ccccc2)=C1. The predicted octanol–water partition coefficient (Wildman–Crippen LogP) is 5.64. The molecule has 0 bridgehead atoms. The summed E-state index contributed by atoms with van der Waals surface area (Å²) >= 11 is 0. The molecule has 0 radical (unpaired) electrons. The number of rotatable bonds is 3. The van der Waals surface area contributed by atoms with E-state index in [1.165, 1.54) is 0 Å². The fraction of sp³-hybridized carbons (Fsp3) is 0.0455. The van der Waals surface area contributed by atoms with Crippen LogP contribution in [-0.4, -0.2) is 9.97 Å². The van der Waals surface area contributed by atoms with Crippen molar-refractivity contribution in [2.24, 2.45) is 0 Å². The molecule has 1 heterocycles. The number of nitrogens with one attached hydrogen (secondary N) is 1. The van der Waals surface area contributed by atoms with Gasteiger partial charge >= 0.3 is 0 Å². The maximum atomic E-state index is 4.91. The van der Waals surface area contributed by atoms with Gasteiger partial charge in [-0.25, -0.2) is 4.98 Å². The molecule has 0 saturated heterocycles. The second-order valence-electron chi connectivity index (χ2n) is 5.73. The Balaban J connectivity index is 1.89. The molecule has 2 aromatic carbocycles. The number of hydrogen-bond donors (Lipinski definition) is 1. The Morgan fingerprint density at radius 3 is 2.25 bits per heavy atom. The van der Waals surface area contributed by atoms with Crippen LogP contribution >= 0.6 is 0 Å². The first kappa shape index (κ1) is 14.5. The summed E-state index contributed by atoms with van der Waals surface area (Å²) in [5.74, 6) is 0.895. The van der Waals surface area contributed by atoms with Crippen LogP contribution in [0.4, 0.5) is 0 Å². The minimum atomic E-state index is 0.895. The first-order valence-electron chi connectivity index (χ1n) is 8.16. The van der Waals surface area contributed by atoms with E-state index in [2.05, 4.69) is 71.8 Å². The van der Waals surface area contributed by atoms with Gasteiger partial charge < -0.3 is 4.98 Å².